The lowest BCUT2D eigenvalue weighted by molar-refractivity contribution is -0.205. The van der Waals surface area contributed by atoms with Crippen LogP contribution in [0.25, 0.3) is 0 Å². The summed E-state index contributed by atoms with van der Waals surface area (Å²) in [6.45, 7) is 5.27. The number of allylic oxidation sites excluding steroid dienone is 1. The summed E-state index contributed by atoms with van der Waals surface area (Å²) in [5, 5.41) is 9.93. The Hall–Kier alpha value is -3.65. The number of esters is 3. The monoisotopic (exact) mass is 707 g/mol. The van der Waals surface area contributed by atoms with Crippen molar-refractivity contribution in [2.24, 2.45) is 0 Å². The predicted octanol–water partition coefficient (Wildman–Crippen LogP) is 5.25. The molecule has 0 amide bonds. The fourth-order valence-electron chi connectivity index (χ4n) is 5.38. The van der Waals surface area contributed by atoms with Crippen LogP contribution in [-0.2, 0) is 30.3 Å². The highest BCUT2D eigenvalue weighted by atomic mass is 32.2. The van der Waals surface area contributed by atoms with Gasteiger partial charge in [0.2, 0.25) is 0 Å². The van der Waals surface area contributed by atoms with Crippen molar-refractivity contribution in [1.82, 2.24) is 4.72 Å². The van der Waals surface area contributed by atoms with Gasteiger partial charge < -0.3 is 28.6 Å². The highest BCUT2D eigenvalue weighted by Crippen LogP contribution is 2.40. The number of fused-ring (bicyclic) bond motifs is 2. The number of thioether (sulfide) groups is 1. The molecule has 2 heterocycles. The molecule has 2 unspecified atom stereocenters. The van der Waals surface area contributed by atoms with E-state index in [-0.39, 0.29) is 28.5 Å². The van der Waals surface area contributed by atoms with Gasteiger partial charge in [-0.1, -0.05) is 66.7 Å². The van der Waals surface area contributed by atoms with E-state index in [1.165, 1.54) is 11.8 Å². The Balaban J connectivity index is 1.63. The van der Waals surface area contributed by atoms with E-state index in [0.29, 0.717) is 12.8 Å². The van der Waals surface area contributed by atoms with Crippen LogP contribution in [0, 0.1) is 0 Å². The molecule has 2 aliphatic heterocycles. The van der Waals surface area contributed by atoms with Crippen LogP contribution in [0.2, 0.25) is 0 Å². The van der Waals surface area contributed by atoms with E-state index in [9.17, 15) is 24.0 Å². The molecule has 1 fully saturated rings. The molecule has 12 heteroatoms. The third kappa shape index (κ3) is 9.53. The Morgan fingerprint density at radius 2 is 1.22 bits per heavy atom. The number of aliphatic hydroxyl groups excluding tert-OH is 1. The molecule has 1 saturated heterocycles. The van der Waals surface area contributed by atoms with Gasteiger partial charge in [-0.05, 0) is 70.0 Å². The topological polar surface area (TPSA) is 143 Å². The molecule has 8 atom stereocenters. The van der Waals surface area contributed by atoms with Gasteiger partial charge in [0.25, 0.3) is 0 Å². The summed E-state index contributed by atoms with van der Waals surface area (Å²) < 4.78 is 41.3. The van der Waals surface area contributed by atoms with E-state index in [2.05, 4.69) is 4.72 Å². The molecule has 0 aliphatic carbocycles. The predicted molar refractivity (Wildman–Crippen MR) is 187 cm³/mol. The minimum absolute atomic E-state index is 0.213. The van der Waals surface area contributed by atoms with E-state index in [4.69, 9.17) is 18.9 Å². The molecule has 2 aliphatic rings. The molecule has 260 valence electrons. The number of aliphatic hydroxyl groups is 1. The lowest BCUT2D eigenvalue weighted by atomic mass is 9.92. The van der Waals surface area contributed by atoms with Gasteiger partial charge in [-0.25, -0.2) is 14.4 Å². The van der Waals surface area contributed by atoms with Crippen molar-refractivity contribution >= 4 is 41.0 Å². The molecule has 0 aromatic heterocycles. The average Bonchev–Trinajstić information content (AvgIpc) is 3.11. The van der Waals surface area contributed by atoms with Crippen molar-refractivity contribution < 1.29 is 43.0 Å². The molecule has 49 heavy (non-hydrogen) atoms. The number of benzene rings is 3. The zero-order valence-electron chi connectivity index (χ0n) is 27.5. The maximum absolute atomic E-state index is 13.8. The average molecular weight is 708 g/mol. The zero-order valence-corrected chi connectivity index (χ0v) is 29.1. The van der Waals surface area contributed by atoms with Crippen molar-refractivity contribution in [3.05, 3.63) is 120 Å². The normalized spacial score (nSPS) is 26.8. The van der Waals surface area contributed by atoms with E-state index >= 15 is 0 Å². The first-order chi connectivity index (χ1) is 23.5. The third-order valence-corrected chi connectivity index (χ3v) is 11.0. The van der Waals surface area contributed by atoms with Gasteiger partial charge in [0.1, 0.15) is 16.3 Å². The van der Waals surface area contributed by atoms with Crippen molar-refractivity contribution in [1.29, 1.82) is 0 Å². The van der Waals surface area contributed by atoms with Crippen LogP contribution in [-0.4, -0.2) is 80.1 Å². The Morgan fingerprint density at radius 1 is 0.776 bits per heavy atom. The van der Waals surface area contributed by atoms with Crippen LogP contribution in [0.3, 0.4) is 0 Å². The minimum atomic E-state index is -1.58. The maximum Gasteiger partial charge on any atom is 0.338 e. The number of carbonyl (C=O) groups is 3. The lowest BCUT2D eigenvalue weighted by Crippen LogP contribution is -2.66. The first kappa shape index (κ1) is 36.6. The minimum Gasteiger partial charge on any atom is -0.598 e. The van der Waals surface area contributed by atoms with E-state index < -0.39 is 69.9 Å². The molecule has 0 spiro atoms. The molecule has 3 aromatic carbocycles. The van der Waals surface area contributed by atoms with Crippen LogP contribution in [0.5, 0.6) is 0 Å². The summed E-state index contributed by atoms with van der Waals surface area (Å²) in [6.07, 6.45) is -0.462. The molecular weight excluding hydrogens is 667 g/mol. The van der Waals surface area contributed by atoms with E-state index in [1.807, 2.05) is 32.9 Å². The first-order valence-electron chi connectivity index (χ1n) is 16.1. The molecule has 3 aromatic rings. The lowest BCUT2D eigenvalue weighted by Gasteiger charge is -2.47. The Morgan fingerprint density at radius 3 is 1.69 bits per heavy atom. The fourth-order valence-corrected chi connectivity index (χ4v) is 7.48. The third-order valence-electron chi connectivity index (χ3n) is 7.99. The second kappa shape index (κ2) is 16.8. The van der Waals surface area contributed by atoms with E-state index in [0.717, 1.165) is 0 Å². The van der Waals surface area contributed by atoms with Crippen LogP contribution in [0.4, 0.5) is 0 Å². The Bertz CT molecular complexity index is 1570. The SMILES string of the molecule is CC(C)(C)[S+]([O-])N[C@@H]1C/C=C\CC(CO)S[C@H]2O[C@H]1[C@H](OC(=O)c1ccccc1)[C@H](OC(=O)c1ccccc1)[C@H]2OC(=O)c1ccccc1. The molecule has 0 radical (unpaired) electrons. The van der Waals surface area contributed by atoms with Crippen molar-refractivity contribution in [2.75, 3.05) is 6.61 Å². The smallest absolute Gasteiger partial charge is 0.338 e. The van der Waals surface area contributed by atoms with Crippen molar-refractivity contribution in [3.8, 4) is 0 Å². The van der Waals surface area contributed by atoms with Gasteiger partial charge in [0.05, 0.1) is 29.3 Å². The summed E-state index contributed by atoms with van der Waals surface area (Å²) in [5.74, 6) is -2.15. The molecule has 2 N–H and O–H groups in total. The second-order valence-electron chi connectivity index (χ2n) is 12.7. The molecule has 2 bridgehead atoms. The van der Waals surface area contributed by atoms with E-state index in [1.54, 1.807) is 91.0 Å². The Labute approximate surface area is 293 Å². The summed E-state index contributed by atoms with van der Waals surface area (Å²) in [7, 11) is 0. The molecule has 5 rings (SSSR count). The standard InChI is InChI=1S/C37H41NO9S2/c1-37(2,3)49(43)38-28-22-14-13-21-27(23-39)48-36-32(46-35(42)26-19-11-6-12-20-26)31(45-34(41)25-17-9-5-10-18-25)30(29(28)47-36)44-33(40)24-15-7-4-8-16-24/h4-20,27-32,36,38-39H,21-23H2,1-3H3/b14-13-/t27?,28-,29-,30+,31+,32-,36-,49?/m1/s1. The van der Waals surface area contributed by atoms with Crippen LogP contribution in [0.1, 0.15) is 64.7 Å². The van der Waals surface area contributed by atoms with Gasteiger partial charge in [-0.15, -0.1) is 16.5 Å². The fraction of sp³-hybridized carbons (Fsp3) is 0.378. The number of carbonyl (C=O) groups excluding carboxylic acids is 3. The van der Waals surface area contributed by atoms with Crippen LogP contribution in [0.15, 0.2) is 103 Å². The number of hydrogen-bond donors (Lipinski definition) is 2. The molecular formula is C37H41NO9S2. The molecule has 10 nitrogen and oxygen atoms in total. The Kier molecular flexibility index (Phi) is 12.6. The summed E-state index contributed by atoms with van der Waals surface area (Å²) in [5.41, 5.74) is -0.263. The number of nitrogens with one attached hydrogen (secondary N) is 1. The van der Waals surface area contributed by atoms with Crippen LogP contribution >= 0.6 is 11.8 Å². The highest BCUT2D eigenvalue weighted by Gasteiger charge is 2.56. The second-order valence-corrected chi connectivity index (χ2v) is 16.1. The summed E-state index contributed by atoms with van der Waals surface area (Å²) in [6, 6.07) is 24.3. The summed E-state index contributed by atoms with van der Waals surface area (Å²) >= 11 is -0.356. The van der Waals surface area contributed by atoms with Gasteiger partial charge in [-0.3, -0.25) is 0 Å². The number of rotatable bonds is 9. The summed E-state index contributed by atoms with van der Waals surface area (Å²) in [4.78, 5) is 41.1. The number of hydrogen-bond acceptors (Lipinski definition) is 11. The van der Waals surface area contributed by atoms with Crippen molar-refractivity contribution in [3.63, 3.8) is 0 Å². The molecule has 0 saturated carbocycles. The maximum atomic E-state index is 13.8. The van der Waals surface area contributed by atoms with Crippen molar-refractivity contribution in [2.45, 2.75) is 79.5 Å². The highest BCUT2D eigenvalue weighted by molar-refractivity contribution is 8.00. The number of ether oxygens (including phenoxy) is 4. The van der Waals surface area contributed by atoms with Gasteiger partial charge in [-0.2, -0.15) is 0 Å². The zero-order chi connectivity index (χ0) is 35.0. The van der Waals surface area contributed by atoms with Crippen LogP contribution < -0.4 is 4.72 Å². The largest absolute Gasteiger partial charge is 0.598 e. The van der Waals surface area contributed by atoms with Gasteiger partial charge in [0, 0.05) is 16.6 Å². The quantitative estimate of drug-likeness (QED) is 0.130. The first-order valence-corrected chi connectivity index (χ1v) is 18.2. The van der Waals surface area contributed by atoms with Gasteiger partial charge in [0.15, 0.2) is 18.3 Å². The van der Waals surface area contributed by atoms with Gasteiger partial charge >= 0.3 is 17.9 Å².